The van der Waals surface area contributed by atoms with Crippen molar-refractivity contribution in [3.63, 3.8) is 0 Å². The predicted molar refractivity (Wildman–Crippen MR) is 129 cm³/mol. The van der Waals surface area contributed by atoms with Crippen LogP contribution in [-0.2, 0) is 6.54 Å². The molecule has 2 aliphatic heterocycles. The molecular weight excluding hydrogens is 428 g/mol. The number of amides is 1. The minimum atomic E-state index is -0.419. The van der Waals surface area contributed by atoms with Crippen LogP contribution in [0.15, 0.2) is 79.0 Å². The van der Waals surface area contributed by atoms with Gasteiger partial charge in [-0.3, -0.25) is 9.48 Å². The molecule has 1 amide bonds. The normalized spacial score (nSPS) is 16.7. The fraction of sp³-hybridized carbons (Fsp3) is 0.185. The van der Waals surface area contributed by atoms with Gasteiger partial charge in [-0.25, -0.2) is 0 Å². The van der Waals surface area contributed by atoms with Gasteiger partial charge in [-0.2, -0.15) is 5.10 Å². The van der Waals surface area contributed by atoms with E-state index in [1.54, 1.807) is 0 Å². The van der Waals surface area contributed by atoms with Crippen molar-refractivity contribution in [3.8, 4) is 22.8 Å². The van der Waals surface area contributed by atoms with Crippen LogP contribution in [0.2, 0.25) is 0 Å². The first kappa shape index (κ1) is 20.4. The molecule has 1 unspecified atom stereocenters. The molecule has 0 saturated heterocycles. The Morgan fingerprint density at radius 1 is 0.912 bits per heavy atom. The quantitative estimate of drug-likeness (QED) is 0.473. The molecule has 1 aromatic heterocycles. The zero-order valence-corrected chi connectivity index (χ0v) is 18.5. The number of nitrogens with zero attached hydrogens (tertiary/aromatic N) is 2. The summed E-state index contributed by atoms with van der Waals surface area (Å²) in [5, 5.41) is 11.5. The zero-order chi connectivity index (χ0) is 22.9. The van der Waals surface area contributed by atoms with E-state index in [4.69, 9.17) is 14.6 Å². The third kappa shape index (κ3) is 3.85. The van der Waals surface area contributed by atoms with Gasteiger partial charge in [0.1, 0.15) is 6.17 Å². The van der Waals surface area contributed by atoms with Crippen molar-refractivity contribution in [2.45, 2.75) is 19.1 Å². The van der Waals surface area contributed by atoms with E-state index in [1.807, 2.05) is 71.5 Å². The maximum absolute atomic E-state index is 12.8. The van der Waals surface area contributed by atoms with Crippen LogP contribution in [0.1, 0.15) is 34.1 Å². The van der Waals surface area contributed by atoms with Crippen molar-refractivity contribution < 1.29 is 14.3 Å². The standard InChI is InChI=1S/C27H24N4O3/c32-27-20-9-4-5-10-22(20)28-26(29-27)21-17-31(16-18-7-2-1-3-8-18)30-25(21)19-11-12-23-24(15-19)34-14-6-13-33-23/h1-5,7-12,15,17,26,28H,6,13-14,16H2,(H,29,32). The lowest BCUT2D eigenvalue weighted by Crippen LogP contribution is -2.38. The second-order valence-electron chi connectivity index (χ2n) is 8.42. The van der Waals surface area contributed by atoms with E-state index in [0.29, 0.717) is 31.1 Å². The Morgan fingerprint density at radius 3 is 2.59 bits per heavy atom. The van der Waals surface area contributed by atoms with Crippen LogP contribution in [0, 0.1) is 0 Å². The van der Waals surface area contributed by atoms with E-state index < -0.39 is 6.17 Å². The van der Waals surface area contributed by atoms with Gasteiger partial charge < -0.3 is 20.1 Å². The van der Waals surface area contributed by atoms with E-state index >= 15 is 0 Å². The molecule has 0 spiro atoms. The molecule has 4 aromatic rings. The molecule has 7 nitrogen and oxygen atoms in total. The number of para-hydroxylation sites is 1. The van der Waals surface area contributed by atoms with E-state index in [-0.39, 0.29) is 5.91 Å². The Balaban J connectivity index is 1.42. The molecule has 2 N–H and O–H groups in total. The molecule has 3 heterocycles. The largest absolute Gasteiger partial charge is 0.490 e. The van der Waals surface area contributed by atoms with Gasteiger partial charge in [0, 0.05) is 29.4 Å². The molecule has 0 saturated carbocycles. The summed E-state index contributed by atoms with van der Waals surface area (Å²) in [6, 6.07) is 23.6. The van der Waals surface area contributed by atoms with Crippen LogP contribution in [0.25, 0.3) is 11.3 Å². The summed E-state index contributed by atoms with van der Waals surface area (Å²) >= 11 is 0. The number of benzene rings is 3. The first-order valence-electron chi connectivity index (χ1n) is 11.4. The number of aromatic nitrogens is 2. The number of rotatable bonds is 4. The van der Waals surface area contributed by atoms with Gasteiger partial charge in [0.15, 0.2) is 11.5 Å². The highest BCUT2D eigenvalue weighted by Gasteiger charge is 2.28. The third-order valence-electron chi connectivity index (χ3n) is 6.06. The molecule has 0 bridgehead atoms. The second kappa shape index (κ2) is 8.59. The van der Waals surface area contributed by atoms with Crippen molar-refractivity contribution in [3.05, 3.63) is 95.7 Å². The number of nitrogens with one attached hydrogen (secondary N) is 2. The van der Waals surface area contributed by atoms with Crippen LogP contribution < -0.4 is 20.1 Å². The highest BCUT2D eigenvalue weighted by molar-refractivity contribution is 6.01. The van der Waals surface area contributed by atoms with E-state index in [2.05, 4.69) is 22.8 Å². The molecule has 0 aliphatic carbocycles. The first-order chi connectivity index (χ1) is 16.7. The lowest BCUT2D eigenvalue weighted by molar-refractivity contribution is 0.0936. The Labute approximate surface area is 197 Å². The number of carbonyl (C=O) groups excluding carboxylic acids is 1. The third-order valence-corrected chi connectivity index (χ3v) is 6.06. The Hall–Kier alpha value is -4.26. The van der Waals surface area contributed by atoms with Gasteiger partial charge >= 0.3 is 0 Å². The van der Waals surface area contributed by atoms with Crippen LogP contribution in [0.5, 0.6) is 11.5 Å². The molecule has 170 valence electrons. The fourth-order valence-corrected chi connectivity index (χ4v) is 4.40. The first-order valence-corrected chi connectivity index (χ1v) is 11.4. The summed E-state index contributed by atoms with van der Waals surface area (Å²) in [4.78, 5) is 12.8. The van der Waals surface area contributed by atoms with E-state index in [9.17, 15) is 4.79 Å². The lowest BCUT2D eigenvalue weighted by atomic mass is 10.0. The van der Waals surface area contributed by atoms with Gasteiger partial charge in [0.25, 0.3) is 5.91 Å². The van der Waals surface area contributed by atoms with Gasteiger partial charge in [0.2, 0.25) is 0 Å². The van der Waals surface area contributed by atoms with Gasteiger partial charge in [-0.1, -0.05) is 42.5 Å². The molecular formula is C27H24N4O3. The van der Waals surface area contributed by atoms with Crippen molar-refractivity contribution in [2.24, 2.45) is 0 Å². The Bertz CT molecular complexity index is 1350. The van der Waals surface area contributed by atoms with Crippen molar-refractivity contribution in [1.29, 1.82) is 0 Å². The average molecular weight is 453 g/mol. The monoisotopic (exact) mass is 452 g/mol. The minimum Gasteiger partial charge on any atom is -0.490 e. The van der Waals surface area contributed by atoms with Gasteiger partial charge in [0.05, 0.1) is 31.0 Å². The van der Waals surface area contributed by atoms with Crippen LogP contribution in [-0.4, -0.2) is 28.9 Å². The smallest absolute Gasteiger partial charge is 0.255 e. The molecule has 34 heavy (non-hydrogen) atoms. The predicted octanol–water partition coefficient (Wildman–Crippen LogP) is 4.61. The second-order valence-corrected chi connectivity index (χ2v) is 8.42. The summed E-state index contributed by atoms with van der Waals surface area (Å²) in [5.41, 5.74) is 5.15. The van der Waals surface area contributed by atoms with Crippen molar-refractivity contribution in [2.75, 3.05) is 18.5 Å². The number of hydrogen-bond acceptors (Lipinski definition) is 5. The van der Waals surface area contributed by atoms with Gasteiger partial charge in [-0.15, -0.1) is 0 Å². The number of carbonyl (C=O) groups is 1. The SMILES string of the molecule is O=C1NC(c2cn(Cc3ccccc3)nc2-c2ccc3c(c2)OCCCO3)Nc2ccccc21. The summed E-state index contributed by atoms with van der Waals surface area (Å²) in [6.45, 7) is 1.87. The summed E-state index contributed by atoms with van der Waals surface area (Å²) in [6.07, 6.45) is 2.42. The molecule has 7 heteroatoms. The molecule has 3 aromatic carbocycles. The number of ether oxygens (including phenoxy) is 2. The summed E-state index contributed by atoms with van der Waals surface area (Å²) < 4.78 is 13.6. The molecule has 0 fully saturated rings. The number of hydrogen-bond donors (Lipinski definition) is 2. The molecule has 0 radical (unpaired) electrons. The van der Waals surface area contributed by atoms with Crippen molar-refractivity contribution in [1.82, 2.24) is 15.1 Å². The molecule has 1 atom stereocenters. The summed E-state index contributed by atoms with van der Waals surface area (Å²) in [7, 11) is 0. The molecule has 2 aliphatic rings. The topological polar surface area (TPSA) is 77.4 Å². The maximum Gasteiger partial charge on any atom is 0.255 e. The van der Waals surface area contributed by atoms with Crippen molar-refractivity contribution >= 4 is 11.6 Å². The Kier molecular flexibility index (Phi) is 5.14. The zero-order valence-electron chi connectivity index (χ0n) is 18.5. The maximum atomic E-state index is 12.8. The van der Waals surface area contributed by atoms with Gasteiger partial charge in [-0.05, 0) is 35.9 Å². The number of anilines is 1. The average Bonchev–Trinajstić information content (AvgIpc) is 3.14. The number of fused-ring (bicyclic) bond motifs is 2. The van der Waals surface area contributed by atoms with Crippen LogP contribution >= 0.6 is 0 Å². The minimum absolute atomic E-state index is 0.111. The van der Waals surface area contributed by atoms with Crippen LogP contribution in [0.4, 0.5) is 5.69 Å². The summed E-state index contributed by atoms with van der Waals surface area (Å²) in [5.74, 6) is 1.34. The van der Waals surface area contributed by atoms with E-state index in [1.165, 1.54) is 0 Å². The highest BCUT2D eigenvalue weighted by Crippen LogP contribution is 2.37. The lowest BCUT2D eigenvalue weighted by Gasteiger charge is -2.27. The molecule has 6 rings (SSSR count). The van der Waals surface area contributed by atoms with E-state index in [0.717, 1.165) is 40.2 Å². The van der Waals surface area contributed by atoms with Crippen LogP contribution in [0.3, 0.4) is 0 Å². The highest BCUT2D eigenvalue weighted by atomic mass is 16.5. The fourth-order valence-electron chi connectivity index (χ4n) is 4.40. The Morgan fingerprint density at radius 2 is 1.71 bits per heavy atom.